The highest BCUT2D eigenvalue weighted by molar-refractivity contribution is 5.24. The molecule has 2 rings (SSSR count). The third kappa shape index (κ3) is 3.39. The summed E-state index contributed by atoms with van der Waals surface area (Å²) in [5, 5.41) is 7.16. The van der Waals surface area contributed by atoms with Gasteiger partial charge in [-0.2, -0.15) is 5.10 Å². The fourth-order valence-electron chi connectivity index (χ4n) is 1.80. The molecule has 0 radical (unpaired) electrons. The van der Waals surface area contributed by atoms with Crippen molar-refractivity contribution in [3.8, 4) is 0 Å². The maximum Gasteiger partial charge on any atom is 0.150 e. The van der Waals surface area contributed by atoms with Gasteiger partial charge in [0.25, 0.3) is 0 Å². The number of rotatable bonds is 5. The molecular formula is C13H18N4. The molecule has 17 heavy (non-hydrogen) atoms. The molecule has 0 saturated heterocycles. The summed E-state index contributed by atoms with van der Waals surface area (Å²) in [4.78, 5) is 4.45. The largest absolute Gasteiger partial charge is 0.330 e. The molecule has 0 unspecified atom stereocenters. The molecule has 0 spiro atoms. The number of hydrogen-bond donors (Lipinski definition) is 2. The van der Waals surface area contributed by atoms with E-state index < -0.39 is 0 Å². The fourth-order valence-corrected chi connectivity index (χ4v) is 1.80. The lowest BCUT2D eigenvalue weighted by molar-refractivity contribution is 0.785. The molecule has 0 fully saturated rings. The maximum atomic E-state index is 5.46. The zero-order valence-corrected chi connectivity index (χ0v) is 10.1. The average molecular weight is 230 g/mol. The van der Waals surface area contributed by atoms with Crippen LogP contribution in [-0.4, -0.2) is 21.7 Å². The molecular weight excluding hydrogens is 212 g/mol. The van der Waals surface area contributed by atoms with Gasteiger partial charge >= 0.3 is 0 Å². The highest BCUT2D eigenvalue weighted by Gasteiger charge is 2.03. The molecule has 2 aromatic rings. The van der Waals surface area contributed by atoms with Gasteiger partial charge in [0, 0.05) is 12.8 Å². The third-order valence-corrected chi connectivity index (χ3v) is 2.64. The minimum Gasteiger partial charge on any atom is -0.330 e. The van der Waals surface area contributed by atoms with Crippen LogP contribution in [0.15, 0.2) is 24.3 Å². The average Bonchev–Trinajstić information content (AvgIpc) is 2.74. The quantitative estimate of drug-likeness (QED) is 0.819. The highest BCUT2D eigenvalue weighted by Crippen LogP contribution is 2.08. The van der Waals surface area contributed by atoms with Gasteiger partial charge in [-0.1, -0.05) is 29.8 Å². The van der Waals surface area contributed by atoms with Crippen molar-refractivity contribution >= 4 is 0 Å². The minimum atomic E-state index is 0.682. The summed E-state index contributed by atoms with van der Waals surface area (Å²) in [7, 11) is 0. The smallest absolute Gasteiger partial charge is 0.150 e. The van der Waals surface area contributed by atoms with Crippen molar-refractivity contribution < 1.29 is 0 Å². The summed E-state index contributed by atoms with van der Waals surface area (Å²) in [5.41, 5.74) is 7.98. The van der Waals surface area contributed by atoms with Gasteiger partial charge in [0.1, 0.15) is 5.82 Å². The van der Waals surface area contributed by atoms with Crippen LogP contribution in [0.2, 0.25) is 0 Å². The summed E-state index contributed by atoms with van der Waals surface area (Å²) in [5.74, 6) is 1.78. The molecule has 0 bridgehead atoms. The Kier molecular flexibility index (Phi) is 3.88. The Balaban J connectivity index is 2.01. The van der Waals surface area contributed by atoms with Crippen molar-refractivity contribution in [3.05, 3.63) is 47.0 Å². The summed E-state index contributed by atoms with van der Waals surface area (Å²) >= 11 is 0. The zero-order valence-electron chi connectivity index (χ0n) is 10.1. The van der Waals surface area contributed by atoms with E-state index in [4.69, 9.17) is 5.73 Å². The number of nitrogens with zero attached hydrogens (tertiary/aromatic N) is 2. The highest BCUT2D eigenvalue weighted by atomic mass is 15.2. The Labute approximate surface area is 101 Å². The Morgan fingerprint density at radius 1 is 1.35 bits per heavy atom. The van der Waals surface area contributed by atoms with Crippen LogP contribution < -0.4 is 5.73 Å². The van der Waals surface area contributed by atoms with Gasteiger partial charge in [-0.15, -0.1) is 0 Å². The monoisotopic (exact) mass is 230 g/mol. The molecule has 4 heteroatoms. The van der Waals surface area contributed by atoms with E-state index in [2.05, 4.69) is 46.4 Å². The first-order valence-corrected chi connectivity index (χ1v) is 5.93. The molecule has 0 atom stereocenters. The van der Waals surface area contributed by atoms with Crippen molar-refractivity contribution in [2.24, 2.45) is 5.73 Å². The van der Waals surface area contributed by atoms with E-state index in [1.54, 1.807) is 0 Å². The summed E-state index contributed by atoms with van der Waals surface area (Å²) in [6.45, 7) is 2.78. The van der Waals surface area contributed by atoms with Gasteiger partial charge in [-0.05, 0) is 25.5 Å². The molecule has 1 heterocycles. The molecule has 4 nitrogen and oxygen atoms in total. The maximum absolute atomic E-state index is 5.46. The van der Waals surface area contributed by atoms with Crippen LogP contribution >= 0.6 is 0 Å². The first-order chi connectivity index (χ1) is 8.28. The third-order valence-electron chi connectivity index (χ3n) is 2.64. The van der Waals surface area contributed by atoms with Gasteiger partial charge in [0.05, 0.1) is 0 Å². The number of nitrogens with two attached hydrogens (primary N) is 1. The van der Waals surface area contributed by atoms with Gasteiger partial charge in [0.15, 0.2) is 5.82 Å². The second kappa shape index (κ2) is 5.59. The number of benzene rings is 1. The number of aryl methyl sites for hydroxylation is 2. The second-order valence-corrected chi connectivity index (χ2v) is 4.26. The Morgan fingerprint density at radius 3 is 3.00 bits per heavy atom. The Hall–Kier alpha value is -1.68. The summed E-state index contributed by atoms with van der Waals surface area (Å²) in [6.07, 6.45) is 2.58. The van der Waals surface area contributed by atoms with E-state index in [1.807, 2.05) is 0 Å². The Bertz CT molecular complexity index is 476. The van der Waals surface area contributed by atoms with Crippen LogP contribution in [0.25, 0.3) is 0 Å². The predicted octanol–water partition coefficient (Wildman–Crippen LogP) is 1.60. The number of H-pyrrole nitrogens is 1. The van der Waals surface area contributed by atoms with Crippen LogP contribution in [0.3, 0.4) is 0 Å². The molecule has 1 aromatic heterocycles. The minimum absolute atomic E-state index is 0.682. The van der Waals surface area contributed by atoms with E-state index in [-0.39, 0.29) is 0 Å². The van der Waals surface area contributed by atoms with E-state index in [9.17, 15) is 0 Å². The van der Waals surface area contributed by atoms with Crippen LogP contribution in [0.1, 0.15) is 29.2 Å². The van der Waals surface area contributed by atoms with Crippen LogP contribution in [0, 0.1) is 6.92 Å². The lowest BCUT2D eigenvalue weighted by Gasteiger charge is -1.98. The molecule has 3 N–H and O–H groups in total. The molecule has 0 saturated carbocycles. The van der Waals surface area contributed by atoms with E-state index in [0.29, 0.717) is 6.54 Å². The van der Waals surface area contributed by atoms with Gasteiger partial charge in [-0.3, -0.25) is 5.10 Å². The van der Waals surface area contributed by atoms with Gasteiger partial charge < -0.3 is 5.73 Å². The topological polar surface area (TPSA) is 67.6 Å². The molecule has 0 aliphatic heterocycles. The second-order valence-electron chi connectivity index (χ2n) is 4.26. The summed E-state index contributed by atoms with van der Waals surface area (Å²) < 4.78 is 0. The number of aromatic amines is 1. The molecule has 0 aliphatic rings. The molecule has 0 aliphatic carbocycles. The predicted molar refractivity (Wildman–Crippen MR) is 67.7 cm³/mol. The fraction of sp³-hybridized carbons (Fsp3) is 0.385. The lowest BCUT2D eigenvalue weighted by Crippen LogP contribution is -2.01. The summed E-state index contributed by atoms with van der Waals surface area (Å²) in [6, 6.07) is 8.43. The van der Waals surface area contributed by atoms with Crippen molar-refractivity contribution in [1.82, 2.24) is 15.2 Å². The number of hydrogen-bond acceptors (Lipinski definition) is 3. The van der Waals surface area contributed by atoms with Crippen LogP contribution in [-0.2, 0) is 12.8 Å². The van der Waals surface area contributed by atoms with E-state index in [0.717, 1.165) is 30.9 Å². The van der Waals surface area contributed by atoms with E-state index in [1.165, 1.54) is 11.1 Å². The van der Waals surface area contributed by atoms with Crippen LogP contribution in [0.5, 0.6) is 0 Å². The van der Waals surface area contributed by atoms with Crippen molar-refractivity contribution in [1.29, 1.82) is 0 Å². The normalized spacial score (nSPS) is 10.7. The first-order valence-electron chi connectivity index (χ1n) is 5.93. The molecule has 1 aromatic carbocycles. The van der Waals surface area contributed by atoms with E-state index >= 15 is 0 Å². The van der Waals surface area contributed by atoms with Crippen molar-refractivity contribution in [2.75, 3.05) is 6.54 Å². The van der Waals surface area contributed by atoms with Gasteiger partial charge in [-0.25, -0.2) is 4.98 Å². The first kappa shape index (κ1) is 11.8. The SMILES string of the molecule is Cc1cccc(Cc2nc(CCCN)n[nH]2)c1. The molecule has 0 amide bonds. The number of aromatic nitrogens is 3. The standard InChI is InChI=1S/C13H18N4/c1-10-4-2-5-11(8-10)9-13-15-12(16-17-13)6-3-7-14/h2,4-5,8H,3,6-7,9,14H2,1H3,(H,15,16,17). The zero-order chi connectivity index (χ0) is 12.1. The van der Waals surface area contributed by atoms with Gasteiger partial charge in [0.2, 0.25) is 0 Å². The van der Waals surface area contributed by atoms with Crippen LogP contribution in [0.4, 0.5) is 0 Å². The van der Waals surface area contributed by atoms with Crippen molar-refractivity contribution in [2.45, 2.75) is 26.2 Å². The molecule has 90 valence electrons. The number of nitrogens with one attached hydrogen (secondary N) is 1. The lowest BCUT2D eigenvalue weighted by atomic mass is 10.1. The Morgan fingerprint density at radius 2 is 2.24 bits per heavy atom. The van der Waals surface area contributed by atoms with Crippen molar-refractivity contribution in [3.63, 3.8) is 0 Å².